The Morgan fingerprint density at radius 2 is 1.92 bits per heavy atom. The molecule has 0 spiro atoms. The van der Waals surface area contributed by atoms with E-state index in [0.717, 1.165) is 37.5 Å². The lowest BCUT2D eigenvalue weighted by molar-refractivity contribution is -0.386. The molecule has 0 unspecified atom stereocenters. The third kappa shape index (κ3) is 3.50. The summed E-state index contributed by atoms with van der Waals surface area (Å²) in [7, 11) is -3.74. The summed E-state index contributed by atoms with van der Waals surface area (Å²) in [6.07, 6.45) is 4.89. The number of nitro benzene ring substituents is 1. The predicted molar refractivity (Wildman–Crippen MR) is 98.3 cm³/mol. The van der Waals surface area contributed by atoms with E-state index in [9.17, 15) is 23.6 Å². The Bertz CT molecular complexity index is 970. The molecule has 1 aliphatic carbocycles. The molecule has 2 aromatic rings. The van der Waals surface area contributed by atoms with Crippen molar-refractivity contribution in [1.82, 2.24) is 0 Å². The Labute approximate surface area is 151 Å². The number of aryl methyl sites for hydroxylation is 1. The van der Waals surface area contributed by atoms with Crippen LogP contribution in [0.3, 0.4) is 0 Å². The first kappa shape index (κ1) is 18.2. The monoisotopic (exact) mass is 376 g/mol. The van der Waals surface area contributed by atoms with Gasteiger partial charge in [0.15, 0.2) is 9.84 Å². The van der Waals surface area contributed by atoms with Crippen molar-refractivity contribution >= 4 is 21.2 Å². The maximum Gasteiger partial charge on any atom is 0.310 e. The standard InChI is InChI=1S/C18H20N2O5S/c1-26(24,25)17-8-4-7-15(18(17)20(22)23)19-11-14-13-6-3-2-5-12(13)9-10-16(14)21/h4,7-10,19,21H,2-3,5-6,11H2,1H3. The van der Waals surface area contributed by atoms with Crippen LogP contribution in [0.5, 0.6) is 5.75 Å². The lowest BCUT2D eigenvalue weighted by Gasteiger charge is -2.21. The zero-order chi connectivity index (χ0) is 18.9. The Morgan fingerprint density at radius 1 is 1.19 bits per heavy atom. The number of nitrogens with zero attached hydrogens (tertiary/aromatic N) is 1. The second-order valence-electron chi connectivity index (χ2n) is 6.44. The number of hydrogen-bond donors (Lipinski definition) is 2. The zero-order valence-electron chi connectivity index (χ0n) is 14.4. The number of fused-ring (bicyclic) bond motifs is 1. The minimum atomic E-state index is -3.74. The summed E-state index contributed by atoms with van der Waals surface area (Å²) in [6, 6.07) is 7.72. The van der Waals surface area contributed by atoms with Crippen LogP contribution in [0.1, 0.15) is 29.5 Å². The smallest absolute Gasteiger partial charge is 0.310 e. The van der Waals surface area contributed by atoms with Gasteiger partial charge in [-0.05, 0) is 55.0 Å². The van der Waals surface area contributed by atoms with Crippen molar-refractivity contribution in [2.75, 3.05) is 11.6 Å². The topological polar surface area (TPSA) is 110 Å². The van der Waals surface area contributed by atoms with Crippen LogP contribution in [0.4, 0.5) is 11.4 Å². The molecule has 0 radical (unpaired) electrons. The van der Waals surface area contributed by atoms with E-state index in [1.165, 1.54) is 23.8 Å². The number of phenols is 1. The van der Waals surface area contributed by atoms with Crippen molar-refractivity contribution in [3.63, 3.8) is 0 Å². The molecule has 8 heteroatoms. The average molecular weight is 376 g/mol. The third-order valence-corrected chi connectivity index (χ3v) is 5.79. The van der Waals surface area contributed by atoms with Crippen molar-refractivity contribution < 1.29 is 18.4 Å². The fraction of sp³-hybridized carbons (Fsp3) is 0.333. The van der Waals surface area contributed by atoms with Crippen LogP contribution in [-0.2, 0) is 29.2 Å². The van der Waals surface area contributed by atoms with Crippen LogP contribution in [-0.4, -0.2) is 24.7 Å². The molecule has 0 atom stereocenters. The van der Waals surface area contributed by atoms with Crippen LogP contribution < -0.4 is 5.32 Å². The molecule has 138 valence electrons. The van der Waals surface area contributed by atoms with Gasteiger partial charge in [0.05, 0.1) is 4.92 Å². The van der Waals surface area contributed by atoms with Crippen molar-refractivity contribution in [3.05, 3.63) is 57.1 Å². The first-order valence-corrected chi connectivity index (χ1v) is 10.2. The summed E-state index contributed by atoms with van der Waals surface area (Å²) in [4.78, 5) is 10.4. The number of sulfone groups is 1. The largest absolute Gasteiger partial charge is 0.508 e. The van der Waals surface area contributed by atoms with E-state index in [1.54, 1.807) is 6.07 Å². The van der Waals surface area contributed by atoms with Crippen molar-refractivity contribution in [3.8, 4) is 5.75 Å². The number of benzene rings is 2. The highest BCUT2D eigenvalue weighted by molar-refractivity contribution is 7.90. The van der Waals surface area contributed by atoms with E-state index in [2.05, 4.69) is 5.32 Å². The van der Waals surface area contributed by atoms with Crippen LogP contribution >= 0.6 is 0 Å². The van der Waals surface area contributed by atoms with Crippen LogP contribution in [0.2, 0.25) is 0 Å². The Kier molecular flexibility index (Phi) is 4.86. The number of hydrogen-bond acceptors (Lipinski definition) is 6. The maximum absolute atomic E-state index is 11.9. The van der Waals surface area contributed by atoms with Gasteiger partial charge in [0, 0.05) is 18.4 Å². The van der Waals surface area contributed by atoms with E-state index in [0.29, 0.717) is 5.56 Å². The Morgan fingerprint density at radius 3 is 2.62 bits per heavy atom. The molecular weight excluding hydrogens is 356 g/mol. The fourth-order valence-electron chi connectivity index (χ4n) is 3.43. The molecule has 0 aliphatic heterocycles. The average Bonchev–Trinajstić information content (AvgIpc) is 2.59. The van der Waals surface area contributed by atoms with Gasteiger partial charge in [-0.25, -0.2) is 8.42 Å². The summed E-state index contributed by atoms with van der Waals surface area (Å²) in [6.45, 7) is 0.184. The summed E-state index contributed by atoms with van der Waals surface area (Å²) < 4.78 is 23.7. The highest BCUT2D eigenvalue weighted by Crippen LogP contribution is 2.34. The van der Waals surface area contributed by atoms with E-state index in [4.69, 9.17) is 0 Å². The number of rotatable bonds is 5. The number of aromatic hydroxyl groups is 1. The minimum Gasteiger partial charge on any atom is -0.508 e. The number of para-hydroxylation sites is 1. The van der Waals surface area contributed by atoms with Crippen molar-refractivity contribution in [2.24, 2.45) is 0 Å². The quantitative estimate of drug-likeness (QED) is 0.613. The summed E-state index contributed by atoms with van der Waals surface area (Å²) in [5.41, 5.74) is 2.61. The molecule has 2 aromatic carbocycles. The molecule has 0 amide bonds. The molecule has 0 bridgehead atoms. The van der Waals surface area contributed by atoms with Gasteiger partial charge in [0.25, 0.3) is 0 Å². The van der Waals surface area contributed by atoms with Gasteiger partial charge in [-0.2, -0.15) is 0 Å². The van der Waals surface area contributed by atoms with E-state index >= 15 is 0 Å². The van der Waals surface area contributed by atoms with E-state index in [1.807, 2.05) is 6.07 Å². The summed E-state index contributed by atoms with van der Waals surface area (Å²) in [5, 5.41) is 24.6. The Balaban J connectivity index is 1.98. The van der Waals surface area contributed by atoms with Gasteiger partial charge in [-0.15, -0.1) is 0 Å². The second kappa shape index (κ2) is 6.95. The van der Waals surface area contributed by atoms with Gasteiger partial charge >= 0.3 is 5.69 Å². The van der Waals surface area contributed by atoms with Crippen LogP contribution in [0.25, 0.3) is 0 Å². The summed E-state index contributed by atoms with van der Waals surface area (Å²) >= 11 is 0. The van der Waals surface area contributed by atoms with Gasteiger partial charge in [-0.1, -0.05) is 12.1 Å². The zero-order valence-corrected chi connectivity index (χ0v) is 15.2. The fourth-order valence-corrected chi connectivity index (χ4v) is 4.29. The van der Waals surface area contributed by atoms with Crippen LogP contribution in [0.15, 0.2) is 35.2 Å². The van der Waals surface area contributed by atoms with E-state index < -0.39 is 20.4 Å². The molecule has 3 rings (SSSR count). The molecule has 0 saturated heterocycles. The third-order valence-electron chi connectivity index (χ3n) is 4.66. The first-order valence-electron chi connectivity index (χ1n) is 8.33. The predicted octanol–water partition coefficient (Wildman–Crippen LogP) is 3.19. The van der Waals surface area contributed by atoms with Crippen LogP contribution in [0, 0.1) is 10.1 Å². The highest BCUT2D eigenvalue weighted by Gasteiger charge is 2.26. The lowest BCUT2D eigenvalue weighted by atomic mass is 9.87. The minimum absolute atomic E-state index is 0.116. The lowest BCUT2D eigenvalue weighted by Crippen LogP contribution is -2.11. The van der Waals surface area contributed by atoms with Crippen molar-refractivity contribution in [1.29, 1.82) is 0 Å². The molecule has 0 fully saturated rings. The van der Waals surface area contributed by atoms with Gasteiger partial charge in [0.2, 0.25) is 0 Å². The second-order valence-corrected chi connectivity index (χ2v) is 8.43. The molecule has 0 heterocycles. The Hall–Kier alpha value is -2.61. The molecule has 7 nitrogen and oxygen atoms in total. The maximum atomic E-state index is 11.9. The van der Waals surface area contributed by atoms with Gasteiger partial charge in [-0.3, -0.25) is 10.1 Å². The molecule has 26 heavy (non-hydrogen) atoms. The normalized spacial score (nSPS) is 13.9. The molecule has 1 aliphatic rings. The highest BCUT2D eigenvalue weighted by atomic mass is 32.2. The number of anilines is 1. The molecule has 2 N–H and O–H groups in total. The van der Waals surface area contributed by atoms with Gasteiger partial charge in [0.1, 0.15) is 16.3 Å². The molecule has 0 aromatic heterocycles. The number of phenolic OH excluding ortho intramolecular Hbond substituents is 1. The van der Waals surface area contributed by atoms with Gasteiger partial charge < -0.3 is 10.4 Å². The summed E-state index contributed by atoms with van der Waals surface area (Å²) in [5.74, 6) is 0.139. The first-order chi connectivity index (χ1) is 12.3. The number of nitro groups is 1. The number of nitrogens with one attached hydrogen (secondary N) is 1. The SMILES string of the molecule is CS(=O)(=O)c1cccc(NCc2c(O)ccc3c2CCCC3)c1[N+](=O)[O-]. The molecule has 0 saturated carbocycles. The molecular formula is C18H20N2O5S. The van der Waals surface area contributed by atoms with Crippen molar-refractivity contribution in [2.45, 2.75) is 37.1 Å². The van der Waals surface area contributed by atoms with E-state index in [-0.39, 0.29) is 22.9 Å².